The van der Waals surface area contributed by atoms with E-state index in [1.165, 1.54) is 24.6 Å². The van der Waals surface area contributed by atoms with E-state index in [2.05, 4.69) is 54.6 Å². The fraction of sp³-hybridized carbons (Fsp3) is 0. The van der Waals surface area contributed by atoms with Gasteiger partial charge in [-0.2, -0.15) is 0 Å². The minimum absolute atomic E-state index is 0.266. The lowest BCUT2D eigenvalue weighted by atomic mass is 9.94. The van der Waals surface area contributed by atoms with Gasteiger partial charge in [0.25, 0.3) is 11.1 Å². The van der Waals surface area contributed by atoms with Crippen LogP contribution in [-0.2, 0) is 0 Å². The van der Waals surface area contributed by atoms with Gasteiger partial charge in [-0.05, 0) is 52.2 Å². The first kappa shape index (κ1) is 19.7. The van der Waals surface area contributed by atoms with Crippen LogP contribution in [0.15, 0.2) is 113 Å². The van der Waals surface area contributed by atoms with Crippen LogP contribution >= 0.6 is 11.3 Å². The van der Waals surface area contributed by atoms with E-state index in [1.807, 2.05) is 48.5 Å². The lowest BCUT2D eigenvalue weighted by Gasteiger charge is -2.15. The topological polar surface area (TPSA) is 38.5 Å². The molecule has 0 aliphatic heterocycles. The van der Waals surface area contributed by atoms with Gasteiger partial charge in [0.1, 0.15) is 0 Å². The van der Waals surface area contributed by atoms with Crippen LogP contribution in [0.1, 0.15) is 0 Å². The molecule has 0 radical (unpaired) electrons. The number of hydrogen-bond acceptors (Lipinski definition) is 3. The highest BCUT2D eigenvalue weighted by atomic mass is 32.1. The van der Waals surface area contributed by atoms with Crippen molar-refractivity contribution in [2.75, 3.05) is 0 Å². The maximum absolute atomic E-state index is 13.6. The van der Waals surface area contributed by atoms with Crippen molar-refractivity contribution < 1.29 is 0 Å². The molecule has 0 aliphatic carbocycles. The van der Waals surface area contributed by atoms with E-state index in [1.54, 1.807) is 11.3 Å². The van der Waals surface area contributed by atoms with Gasteiger partial charge in [-0.25, -0.2) is 4.40 Å². The number of benzene rings is 5. The van der Waals surface area contributed by atoms with E-state index >= 15 is 0 Å². The summed E-state index contributed by atoms with van der Waals surface area (Å²) >= 11 is 1.80. The van der Waals surface area contributed by atoms with Crippen molar-refractivity contribution in [2.45, 2.75) is 0 Å². The van der Waals surface area contributed by atoms with Gasteiger partial charge >= 0.3 is 0 Å². The maximum atomic E-state index is 13.6. The van der Waals surface area contributed by atoms with Crippen molar-refractivity contribution >= 4 is 69.3 Å². The summed E-state index contributed by atoms with van der Waals surface area (Å²) in [4.78, 5) is 27.1. The van der Waals surface area contributed by atoms with E-state index in [0.717, 1.165) is 32.7 Å². The monoisotopic (exact) mass is 479 g/mol. The Kier molecular flexibility index (Phi) is 3.84. The van der Waals surface area contributed by atoms with E-state index in [-0.39, 0.29) is 11.1 Å². The molecule has 0 bridgehead atoms. The molecule has 0 amide bonds. The molecule has 0 atom stereocenters. The standard InChI is InChI=1S/C32H17NO2S/c34-31-24-11-3-1-8-20(24)26-16-18(17-27-21-9-2-4-12-25(21)32(35)33(31)29(26)27)19-13-7-14-23-22-10-5-6-15-28(22)36-30(19)23/h1-17H. The van der Waals surface area contributed by atoms with E-state index in [0.29, 0.717) is 16.3 Å². The molecule has 0 spiro atoms. The molecule has 8 aromatic rings. The summed E-state index contributed by atoms with van der Waals surface area (Å²) in [5.74, 6) is 0. The van der Waals surface area contributed by atoms with Crippen LogP contribution in [0, 0.1) is 0 Å². The molecule has 3 aromatic heterocycles. The molecule has 4 heteroatoms. The Labute approximate surface area is 208 Å². The third-order valence-electron chi connectivity index (χ3n) is 7.35. The lowest BCUT2D eigenvalue weighted by molar-refractivity contribution is 1.09. The summed E-state index contributed by atoms with van der Waals surface area (Å²) in [6, 6.07) is 34.5. The van der Waals surface area contributed by atoms with Gasteiger partial charge in [-0.15, -0.1) is 11.3 Å². The summed E-state index contributed by atoms with van der Waals surface area (Å²) in [5, 5.41) is 7.18. The molecular weight excluding hydrogens is 462 g/mol. The minimum Gasteiger partial charge on any atom is -0.268 e. The summed E-state index contributed by atoms with van der Waals surface area (Å²) in [6.07, 6.45) is 0. The first-order chi connectivity index (χ1) is 17.7. The Morgan fingerprint density at radius 2 is 1.03 bits per heavy atom. The summed E-state index contributed by atoms with van der Waals surface area (Å²) < 4.78 is 3.87. The second-order valence-corrected chi connectivity index (χ2v) is 10.3. The molecule has 0 saturated heterocycles. The number of pyridine rings is 2. The molecule has 36 heavy (non-hydrogen) atoms. The third kappa shape index (κ3) is 2.46. The van der Waals surface area contributed by atoms with Crippen LogP contribution < -0.4 is 11.1 Å². The molecule has 168 valence electrons. The second-order valence-electron chi connectivity index (χ2n) is 9.24. The van der Waals surface area contributed by atoms with E-state index < -0.39 is 0 Å². The predicted octanol–water partition coefficient (Wildman–Crippen LogP) is 7.59. The highest BCUT2D eigenvalue weighted by Crippen LogP contribution is 2.42. The number of nitrogens with zero attached hydrogens (tertiary/aromatic N) is 1. The number of aromatic nitrogens is 1. The van der Waals surface area contributed by atoms with Gasteiger partial charge in [-0.1, -0.05) is 72.8 Å². The van der Waals surface area contributed by atoms with E-state index in [9.17, 15) is 9.59 Å². The Bertz CT molecular complexity index is 2210. The first-order valence-corrected chi connectivity index (χ1v) is 12.7. The van der Waals surface area contributed by atoms with Crippen LogP contribution in [0.4, 0.5) is 0 Å². The zero-order valence-electron chi connectivity index (χ0n) is 19.0. The minimum atomic E-state index is -0.266. The normalized spacial score (nSPS) is 12.1. The van der Waals surface area contributed by atoms with Gasteiger partial charge in [-0.3, -0.25) is 9.59 Å². The molecule has 3 heterocycles. The first-order valence-electron chi connectivity index (χ1n) is 11.9. The zero-order valence-corrected chi connectivity index (χ0v) is 19.8. The number of thiophene rings is 1. The van der Waals surface area contributed by atoms with Crippen LogP contribution in [-0.4, -0.2) is 4.40 Å². The number of rotatable bonds is 1. The molecular formula is C32H17NO2S. The van der Waals surface area contributed by atoms with Gasteiger partial charge in [0, 0.05) is 41.7 Å². The fourth-order valence-electron chi connectivity index (χ4n) is 5.76. The molecule has 0 saturated carbocycles. The van der Waals surface area contributed by atoms with Crippen LogP contribution in [0.5, 0.6) is 0 Å². The SMILES string of the molecule is O=c1c2ccccc2c2cc(-c3cccc4c3sc3ccccc34)cc3c4ccccc4c(=O)n1c23. The molecule has 0 unspecified atom stereocenters. The molecule has 8 rings (SSSR count). The molecule has 3 nitrogen and oxygen atoms in total. The van der Waals surface area contributed by atoms with Gasteiger partial charge in [0.2, 0.25) is 0 Å². The molecule has 0 N–H and O–H groups in total. The number of fused-ring (bicyclic) bond motifs is 7. The van der Waals surface area contributed by atoms with Crippen LogP contribution in [0.3, 0.4) is 0 Å². The zero-order chi connectivity index (χ0) is 24.0. The van der Waals surface area contributed by atoms with Crippen molar-refractivity contribution in [3.63, 3.8) is 0 Å². The van der Waals surface area contributed by atoms with Crippen LogP contribution in [0.2, 0.25) is 0 Å². The van der Waals surface area contributed by atoms with Crippen molar-refractivity contribution in [2.24, 2.45) is 0 Å². The fourth-order valence-corrected chi connectivity index (χ4v) is 7.00. The molecule has 5 aromatic carbocycles. The Morgan fingerprint density at radius 1 is 0.500 bits per heavy atom. The summed E-state index contributed by atoms with van der Waals surface area (Å²) in [7, 11) is 0. The third-order valence-corrected chi connectivity index (χ3v) is 8.57. The largest absolute Gasteiger partial charge is 0.268 e. The van der Waals surface area contributed by atoms with Crippen molar-refractivity contribution in [1.29, 1.82) is 0 Å². The van der Waals surface area contributed by atoms with Crippen molar-refractivity contribution in [3.05, 3.63) is 124 Å². The predicted molar refractivity (Wildman–Crippen MR) is 152 cm³/mol. The Hall–Kier alpha value is -4.54. The van der Waals surface area contributed by atoms with Gasteiger partial charge < -0.3 is 0 Å². The Morgan fingerprint density at radius 3 is 1.67 bits per heavy atom. The van der Waals surface area contributed by atoms with Crippen molar-refractivity contribution in [1.82, 2.24) is 4.40 Å². The molecule has 0 aliphatic rings. The smallest absolute Gasteiger partial charge is 0.266 e. The number of hydrogen-bond donors (Lipinski definition) is 0. The molecule has 0 fully saturated rings. The summed E-state index contributed by atoms with van der Waals surface area (Å²) in [5.41, 5.74) is 2.39. The van der Waals surface area contributed by atoms with E-state index in [4.69, 9.17) is 0 Å². The lowest BCUT2D eigenvalue weighted by Crippen LogP contribution is -2.27. The van der Waals surface area contributed by atoms with Gasteiger partial charge in [0.05, 0.1) is 5.52 Å². The highest BCUT2D eigenvalue weighted by Gasteiger charge is 2.19. The summed E-state index contributed by atoms with van der Waals surface area (Å²) in [6.45, 7) is 0. The van der Waals surface area contributed by atoms with Crippen molar-refractivity contribution in [3.8, 4) is 11.1 Å². The maximum Gasteiger partial charge on any atom is 0.266 e. The average Bonchev–Trinajstić information content (AvgIpc) is 3.31. The van der Waals surface area contributed by atoms with Gasteiger partial charge in [0.15, 0.2) is 0 Å². The quantitative estimate of drug-likeness (QED) is 0.180. The Balaban J connectivity index is 1.64. The second kappa shape index (κ2) is 7.00. The average molecular weight is 480 g/mol. The van der Waals surface area contributed by atoms with Crippen LogP contribution in [0.25, 0.3) is 69.1 Å². The highest BCUT2D eigenvalue weighted by molar-refractivity contribution is 7.26.